The summed E-state index contributed by atoms with van der Waals surface area (Å²) >= 11 is 0. The zero-order valence-corrected chi connectivity index (χ0v) is 11.4. The molecule has 1 aliphatic carbocycles. The predicted molar refractivity (Wildman–Crippen MR) is 81.4 cm³/mol. The zero-order valence-electron chi connectivity index (χ0n) is 11.4. The van der Waals surface area contributed by atoms with Crippen molar-refractivity contribution >= 4 is 10.8 Å². The Kier molecular flexibility index (Phi) is 2.74. The highest BCUT2D eigenvalue weighted by molar-refractivity contribution is 5.93. The van der Waals surface area contributed by atoms with E-state index in [0.717, 1.165) is 35.2 Å². The van der Waals surface area contributed by atoms with Crippen LogP contribution in [-0.4, -0.2) is 16.3 Å². The minimum Gasteiger partial charge on any atom is -0.490 e. The first-order chi connectivity index (χ1) is 10.3. The second-order valence-corrected chi connectivity index (χ2v) is 5.29. The normalized spacial score (nSPS) is 14.3. The van der Waals surface area contributed by atoms with E-state index in [1.807, 2.05) is 48.5 Å². The van der Waals surface area contributed by atoms with Gasteiger partial charge >= 0.3 is 0 Å². The van der Waals surface area contributed by atoms with Gasteiger partial charge in [0.15, 0.2) is 0 Å². The molecule has 0 bridgehead atoms. The van der Waals surface area contributed by atoms with Gasteiger partial charge < -0.3 is 4.74 Å². The highest BCUT2D eigenvalue weighted by atomic mass is 16.5. The van der Waals surface area contributed by atoms with Crippen LogP contribution in [-0.2, 0) is 0 Å². The van der Waals surface area contributed by atoms with Gasteiger partial charge in [0.1, 0.15) is 5.75 Å². The smallest absolute Gasteiger partial charge is 0.272 e. The highest BCUT2D eigenvalue weighted by Crippen LogP contribution is 2.30. The molecule has 0 saturated heterocycles. The Morgan fingerprint density at radius 3 is 2.67 bits per heavy atom. The maximum atomic E-state index is 11.8. The van der Waals surface area contributed by atoms with Crippen molar-refractivity contribution in [3.63, 3.8) is 0 Å². The van der Waals surface area contributed by atoms with E-state index in [1.54, 1.807) is 0 Å². The number of rotatable bonds is 3. The van der Waals surface area contributed by atoms with Crippen molar-refractivity contribution in [1.29, 1.82) is 0 Å². The molecule has 0 amide bonds. The number of nitrogens with zero attached hydrogens (tertiary/aromatic N) is 1. The van der Waals surface area contributed by atoms with Crippen molar-refractivity contribution < 1.29 is 4.74 Å². The van der Waals surface area contributed by atoms with Gasteiger partial charge in [-0.3, -0.25) is 4.79 Å². The number of hydrogen-bond donors (Lipinski definition) is 1. The van der Waals surface area contributed by atoms with Crippen molar-refractivity contribution in [2.24, 2.45) is 0 Å². The molecule has 2 aromatic carbocycles. The third kappa shape index (κ3) is 2.29. The lowest BCUT2D eigenvalue weighted by atomic mass is 10.1. The molecule has 3 aromatic rings. The Hall–Kier alpha value is -2.62. The van der Waals surface area contributed by atoms with Crippen molar-refractivity contribution in [2.45, 2.75) is 18.9 Å². The molecule has 1 heterocycles. The van der Waals surface area contributed by atoms with Crippen molar-refractivity contribution in [1.82, 2.24) is 10.2 Å². The van der Waals surface area contributed by atoms with Gasteiger partial charge in [-0.25, -0.2) is 5.10 Å². The Balaban J connectivity index is 1.86. The molecule has 1 saturated carbocycles. The molecule has 21 heavy (non-hydrogen) atoms. The summed E-state index contributed by atoms with van der Waals surface area (Å²) in [5.41, 5.74) is 1.55. The van der Waals surface area contributed by atoms with Gasteiger partial charge in [0, 0.05) is 10.9 Å². The quantitative estimate of drug-likeness (QED) is 0.800. The Morgan fingerprint density at radius 2 is 1.86 bits per heavy atom. The van der Waals surface area contributed by atoms with Crippen molar-refractivity contribution in [3.05, 3.63) is 58.9 Å². The second kappa shape index (κ2) is 4.74. The number of fused-ring (bicyclic) bond motifs is 1. The molecule has 1 fully saturated rings. The number of hydrogen-bond acceptors (Lipinski definition) is 3. The van der Waals surface area contributed by atoms with Gasteiger partial charge in [-0.2, -0.15) is 5.10 Å². The maximum absolute atomic E-state index is 11.8. The first-order valence-corrected chi connectivity index (χ1v) is 7.06. The van der Waals surface area contributed by atoms with Gasteiger partial charge in [0.2, 0.25) is 0 Å². The van der Waals surface area contributed by atoms with Gasteiger partial charge in [-0.1, -0.05) is 30.3 Å². The summed E-state index contributed by atoms with van der Waals surface area (Å²) in [5, 5.41) is 8.29. The minimum absolute atomic E-state index is 0.167. The first-order valence-electron chi connectivity index (χ1n) is 7.06. The molecular formula is C17H14N2O2. The zero-order chi connectivity index (χ0) is 14.2. The van der Waals surface area contributed by atoms with E-state index in [0.29, 0.717) is 11.5 Å². The number of benzene rings is 2. The average Bonchev–Trinajstić information content (AvgIpc) is 3.32. The molecule has 1 aromatic heterocycles. The molecule has 104 valence electrons. The Morgan fingerprint density at radius 1 is 1.05 bits per heavy atom. The largest absolute Gasteiger partial charge is 0.490 e. The summed E-state index contributed by atoms with van der Waals surface area (Å²) in [7, 11) is 0. The van der Waals surface area contributed by atoms with Gasteiger partial charge in [-0.15, -0.1) is 0 Å². The van der Waals surface area contributed by atoms with Crippen LogP contribution in [0.25, 0.3) is 22.0 Å². The van der Waals surface area contributed by atoms with E-state index in [1.165, 1.54) is 0 Å². The Labute approximate surface area is 121 Å². The lowest BCUT2D eigenvalue weighted by Gasteiger charge is -2.08. The van der Waals surface area contributed by atoms with Gasteiger partial charge in [0.25, 0.3) is 5.56 Å². The molecule has 4 nitrogen and oxygen atoms in total. The Bertz CT molecular complexity index is 866. The van der Waals surface area contributed by atoms with Crippen LogP contribution in [0, 0.1) is 0 Å². The molecule has 0 aliphatic heterocycles. The van der Waals surface area contributed by atoms with Crippen LogP contribution in [0.15, 0.2) is 53.3 Å². The lowest BCUT2D eigenvalue weighted by Crippen LogP contribution is -2.09. The molecule has 1 N–H and O–H groups in total. The fraction of sp³-hybridized carbons (Fsp3) is 0.176. The third-order valence-corrected chi connectivity index (χ3v) is 3.63. The summed E-state index contributed by atoms with van der Waals surface area (Å²) in [6.07, 6.45) is 2.62. The minimum atomic E-state index is -0.167. The molecule has 0 atom stereocenters. The summed E-state index contributed by atoms with van der Waals surface area (Å²) in [4.78, 5) is 11.8. The summed E-state index contributed by atoms with van der Waals surface area (Å²) in [5.74, 6) is 0.854. The summed E-state index contributed by atoms with van der Waals surface area (Å²) < 4.78 is 5.82. The SMILES string of the molecule is O=c1[nH]nc(-c2cccc(OC3CC3)c2)c2ccccc12. The van der Waals surface area contributed by atoms with E-state index >= 15 is 0 Å². The van der Waals surface area contributed by atoms with E-state index < -0.39 is 0 Å². The number of aromatic nitrogens is 2. The average molecular weight is 278 g/mol. The fourth-order valence-electron chi connectivity index (χ4n) is 2.43. The van der Waals surface area contributed by atoms with E-state index in [9.17, 15) is 4.79 Å². The van der Waals surface area contributed by atoms with E-state index in [4.69, 9.17) is 4.74 Å². The van der Waals surface area contributed by atoms with Crippen molar-refractivity contribution in [3.8, 4) is 17.0 Å². The molecule has 4 rings (SSSR count). The topological polar surface area (TPSA) is 55.0 Å². The van der Waals surface area contributed by atoms with Crippen LogP contribution >= 0.6 is 0 Å². The number of H-pyrrole nitrogens is 1. The number of aromatic amines is 1. The number of nitrogens with one attached hydrogen (secondary N) is 1. The third-order valence-electron chi connectivity index (χ3n) is 3.63. The van der Waals surface area contributed by atoms with Crippen LogP contribution in [0.1, 0.15) is 12.8 Å². The fourth-order valence-corrected chi connectivity index (χ4v) is 2.43. The van der Waals surface area contributed by atoms with Gasteiger partial charge in [0.05, 0.1) is 17.2 Å². The van der Waals surface area contributed by atoms with Crippen LogP contribution < -0.4 is 10.3 Å². The van der Waals surface area contributed by atoms with Crippen LogP contribution in [0.5, 0.6) is 5.75 Å². The molecule has 0 radical (unpaired) electrons. The predicted octanol–water partition coefficient (Wildman–Crippen LogP) is 3.13. The highest BCUT2D eigenvalue weighted by Gasteiger charge is 2.23. The summed E-state index contributed by atoms with van der Waals surface area (Å²) in [6, 6.07) is 15.4. The molecule has 0 unspecified atom stereocenters. The first kappa shape index (κ1) is 12.1. The standard InChI is InChI=1S/C17H14N2O2/c20-17-15-7-2-1-6-14(15)16(18-19-17)11-4-3-5-13(10-11)21-12-8-9-12/h1-7,10,12H,8-9H2,(H,19,20). The monoisotopic (exact) mass is 278 g/mol. The van der Waals surface area contributed by atoms with Crippen LogP contribution in [0.3, 0.4) is 0 Å². The molecule has 0 spiro atoms. The van der Waals surface area contributed by atoms with E-state index in [-0.39, 0.29) is 5.56 Å². The maximum Gasteiger partial charge on any atom is 0.272 e. The van der Waals surface area contributed by atoms with Crippen LogP contribution in [0.4, 0.5) is 0 Å². The number of ether oxygens (including phenoxy) is 1. The van der Waals surface area contributed by atoms with Crippen molar-refractivity contribution in [2.75, 3.05) is 0 Å². The van der Waals surface area contributed by atoms with E-state index in [2.05, 4.69) is 10.2 Å². The molecule has 4 heteroatoms. The molecular weight excluding hydrogens is 264 g/mol. The summed E-state index contributed by atoms with van der Waals surface area (Å²) in [6.45, 7) is 0. The van der Waals surface area contributed by atoms with Crippen LogP contribution in [0.2, 0.25) is 0 Å². The second-order valence-electron chi connectivity index (χ2n) is 5.29. The van der Waals surface area contributed by atoms with Gasteiger partial charge in [-0.05, 0) is 31.0 Å². The molecule has 1 aliphatic rings. The lowest BCUT2D eigenvalue weighted by molar-refractivity contribution is 0.303.